The molecule has 0 aliphatic carbocycles. The van der Waals surface area contributed by atoms with Gasteiger partial charge in [-0.15, -0.1) is 0 Å². The van der Waals surface area contributed by atoms with Crippen LogP contribution in [0.5, 0.6) is 0 Å². The van der Waals surface area contributed by atoms with Crippen LogP contribution in [0.25, 0.3) is 0 Å². The monoisotopic (exact) mass is 190 g/mol. The minimum absolute atomic E-state index is 0.114. The van der Waals surface area contributed by atoms with E-state index in [1.807, 2.05) is 19.1 Å². The van der Waals surface area contributed by atoms with Gasteiger partial charge >= 0.3 is 0 Å². The Morgan fingerprint density at radius 3 is 2.79 bits per heavy atom. The van der Waals surface area contributed by atoms with Crippen LogP contribution in [0.4, 0.5) is 0 Å². The predicted octanol–water partition coefficient (Wildman–Crippen LogP) is 2.15. The van der Waals surface area contributed by atoms with E-state index in [9.17, 15) is 0 Å². The average Bonchev–Trinajstić information content (AvgIpc) is 2.19. The van der Waals surface area contributed by atoms with Crippen LogP contribution in [0.15, 0.2) is 49.1 Å². The topological polar surface area (TPSA) is 48.1 Å². The van der Waals surface area contributed by atoms with Gasteiger partial charge in [0.25, 0.3) is 0 Å². The number of hydrogen-bond acceptors (Lipinski definition) is 3. The second-order valence-corrected chi connectivity index (χ2v) is 2.99. The molecule has 0 fully saturated rings. The molecule has 0 saturated carbocycles. The van der Waals surface area contributed by atoms with Gasteiger partial charge in [-0.05, 0) is 13.0 Å². The summed E-state index contributed by atoms with van der Waals surface area (Å²) in [6, 6.07) is 3.79. The van der Waals surface area contributed by atoms with Gasteiger partial charge in [-0.2, -0.15) is 0 Å². The lowest BCUT2D eigenvalue weighted by Crippen LogP contribution is -2.05. The number of nitrogens with two attached hydrogens (primary N) is 1. The molecule has 0 amide bonds. The van der Waals surface area contributed by atoms with E-state index in [0.29, 0.717) is 11.5 Å². The Bertz CT molecular complexity index is 332. The van der Waals surface area contributed by atoms with Crippen molar-refractivity contribution in [2.45, 2.75) is 13.0 Å². The summed E-state index contributed by atoms with van der Waals surface area (Å²) in [5, 5.41) is 0. The van der Waals surface area contributed by atoms with Crippen molar-refractivity contribution in [3.63, 3.8) is 0 Å². The molecule has 1 aromatic rings. The highest BCUT2D eigenvalue weighted by molar-refractivity contribution is 5.18. The Morgan fingerprint density at radius 2 is 2.29 bits per heavy atom. The fourth-order valence-corrected chi connectivity index (χ4v) is 0.974. The Balaban J connectivity index is 2.64. The Kier molecular flexibility index (Phi) is 3.29. The summed E-state index contributed by atoms with van der Waals surface area (Å²) < 4.78 is 5.44. The minimum atomic E-state index is -0.114. The number of hydrogen-bond donors (Lipinski definition) is 1. The van der Waals surface area contributed by atoms with Crippen molar-refractivity contribution in [2.24, 2.45) is 5.73 Å². The molecule has 1 atom stereocenters. The molecule has 1 heterocycles. The normalized spacial score (nSPS) is 11.8. The molecule has 0 saturated heterocycles. The zero-order valence-electron chi connectivity index (χ0n) is 8.23. The van der Waals surface area contributed by atoms with Crippen LogP contribution < -0.4 is 5.73 Å². The summed E-state index contributed by atoms with van der Waals surface area (Å²) in [4.78, 5) is 3.99. The first-order valence-corrected chi connectivity index (χ1v) is 4.31. The van der Waals surface area contributed by atoms with Gasteiger partial charge in [-0.1, -0.05) is 19.2 Å². The molecule has 1 rings (SSSR count). The number of ether oxygens (including phenoxy) is 1. The standard InChI is InChI=1S/C11H14N2O/c1-8(12)9(2)14-10(3)11-5-4-6-13-7-11/h4-7,10H,1-2,12H2,3H3. The van der Waals surface area contributed by atoms with Crippen LogP contribution in [-0.2, 0) is 4.74 Å². The molecule has 1 unspecified atom stereocenters. The van der Waals surface area contributed by atoms with Gasteiger partial charge in [0.05, 0.1) is 5.70 Å². The van der Waals surface area contributed by atoms with E-state index in [4.69, 9.17) is 10.5 Å². The number of aromatic nitrogens is 1. The maximum absolute atomic E-state index is 5.44. The molecule has 74 valence electrons. The third-order valence-electron chi connectivity index (χ3n) is 1.83. The van der Waals surface area contributed by atoms with Gasteiger partial charge in [0.15, 0.2) is 0 Å². The highest BCUT2D eigenvalue weighted by atomic mass is 16.5. The van der Waals surface area contributed by atoms with Crippen molar-refractivity contribution in [3.8, 4) is 0 Å². The molecule has 1 aromatic heterocycles. The van der Waals surface area contributed by atoms with Gasteiger partial charge in [-0.3, -0.25) is 4.98 Å². The highest BCUT2D eigenvalue weighted by Crippen LogP contribution is 2.19. The van der Waals surface area contributed by atoms with Gasteiger partial charge in [0, 0.05) is 18.0 Å². The van der Waals surface area contributed by atoms with Crippen LogP contribution in [-0.4, -0.2) is 4.98 Å². The molecule has 0 aliphatic rings. The first kappa shape index (κ1) is 10.3. The third kappa shape index (κ3) is 2.62. The van der Waals surface area contributed by atoms with Crippen LogP contribution in [0.3, 0.4) is 0 Å². The van der Waals surface area contributed by atoms with Gasteiger partial charge < -0.3 is 10.5 Å². The third-order valence-corrected chi connectivity index (χ3v) is 1.83. The molecule has 0 spiro atoms. The minimum Gasteiger partial charge on any atom is -0.484 e. The smallest absolute Gasteiger partial charge is 0.135 e. The van der Waals surface area contributed by atoms with Crippen molar-refractivity contribution in [1.29, 1.82) is 0 Å². The molecule has 0 aromatic carbocycles. The Labute approximate surface area is 83.9 Å². The van der Waals surface area contributed by atoms with E-state index in [2.05, 4.69) is 18.1 Å². The van der Waals surface area contributed by atoms with E-state index < -0.39 is 0 Å². The molecule has 0 radical (unpaired) electrons. The zero-order valence-corrected chi connectivity index (χ0v) is 8.23. The maximum Gasteiger partial charge on any atom is 0.135 e. The average molecular weight is 190 g/mol. The number of pyridine rings is 1. The van der Waals surface area contributed by atoms with E-state index in [-0.39, 0.29) is 6.10 Å². The lowest BCUT2D eigenvalue weighted by molar-refractivity contribution is 0.140. The number of nitrogens with zero attached hydrogens (tertiary/aromatic N) is 1. The molecular weight excluding hydrogens is 176 g/mol. The molecule has 3 heteroatoms. The Morgan fingerprint density at radius 1 is 1.57 bits per heavy atom. The van der Waals surface area contributed by atoms with Crippen molar-refractivity contribution < 1.29 is 4.74 Å². The van der Waals surface area contributed by atoms with Crippen LogP contribution in [0, 0.1) is 0 Å². The van der Waals surface area contributed by atoms with Crippen molar-refractivity contribution >= 4 is 0 Å². The van der Waals surface area contributed by atoms with Crippen molar-refractivity contribution in [3.05, 3.63) is 54.7 Å². The van der Waals surface area contributed by atoms with E-state index in [1.165, 1.54) is 0 Å². The second-order valence-electron chi connectivity index (χ2n) is 2.99. The molecule has 14 heavy (non-hydrogen) atoms. The Hall–Kier alpha value is -1.77. The van der Waals surface area contributed by atoms with E-state index in [1.54, 1.807) is 12.4 Å². The van der Waals surface area contributed by atoms with Gasteiger partial charge in [-0.25, -0.2) is 0 Å². The fourth-order valence-electron chi connectivity index (χ4n) is 0.974. The summed E-state index contributed by atoms with van der Waals surface area (Å²) in [7, 11) is 0. The summed E-state index contributed by atoms with van der Waals surface area (Å²) >= 11 is 0. The highest BCUT2D eigenvalue weighted by Gasteiger charge is 2.07. The quantitative estimate of drug-likeness (QED) is 0.584. The molecule has 2 N–H and O–H groups in total. The first-order chi connectivity index (χ1) is 6.61. The summed E-state index contributed by atoms with van der Waals surface area (Å²) in [6.07, 6.45) is 3.35. The summed E-state index contributed by atoms with van der Waals surface area (Å²) in [5.41, 5.74) is 6.76. The molecule has 0 bridgehead atoms. The summed E-state index contributed by atoms with van der Waals surface area (Å²) in [6.45, 7) is 9.10. The SMILES string of the molecule is C=C(N)C(=C)OC(C)c1cccnc1. The fraction of sp³-hybridized carbons (Fsp3) is 0.182. The lowest BCUT2D eigenvalue weighted by atomic mass is 10.2. The maximum atomic E-state index is 5.44. The lowest BCUT2D eigenvalue weighted by Gasteiger charge is -2.15. The van der Waals surface area contributed by atoms with E-state index >= 15 is 0 Å². The van der Waals surface area contributed by atoms with E-state index in [0.717, 1.165) is 5.56 Å². The van der Waals surface area contributed by atoms with Gasteiger partial charge in [0.1, 0.15) is 11.9 Å². The molecular formula is C11H14N2O. The molecule has 3 nitrogen and oxygen atoms in total. The summed E-state index contributed by atoms with van der Waals surface area (Å²) in [5.74, 6) is 0.404. The van der Waals surface area contributed by atoms with Crippen LogP contribution in [0.2, 0.25) is 0 Å². The first-order valence-electron chi connectivity index (χ1n) is 4.31. The zero-order chi connectivity index (χ0) is 10.6. The second kappa shape index (κ2) is 4.46. The molecule has 0 aliphatic heterocycles. The van der Waals surface area contributed by atoms with Crippen LogP contribution in [0.1, 0.15) is 18.6 Å². The predicted molar refractivity (Wildman–Crippen MR) is 56.2 cm³/mol. The van der Waals surface area contributed by atoms with Crippen molar-refractivity contribution in [2.75, 3.05) is 0 Å². The van der Waals surface area contributed by atoms with Crippen molar-refractivity contribution in [1.82, 2.24) is 4.98 Å². The van der Waals surface area contributed by atoms with Crippen LogP contribution >= 0.6 is 0 Å². The van der Waals surface area contributed by atoms with Gasteiger partial charge in [0.2, 0.25) is 0 Å². The number of rotatable bonds is 4. The largest absolute Gasteiger partial charge is 0.484 e.